The van der Waals surface area contributed by atoms with Crippen molar-refractivity contribution in [3.05, 3.63) is 0 Å². The quantitative estimate of drug-likeness (QED) is 0.541. The van der Waals surface area contributed by atoms with Crippen LogP contribution in [0.4, 0.5) is 13.2 Å². The first-order valence-corrected chi connectivity index (χ1v) is 5.25. The van der Waals surface area contributed by atoms with Gasteiger partial charge >= 0.3 is 6.18 Å². The lowest BCUT2D eigenvalue weighted by Gasteiger charge is -2.17. The fourth-order valence-electron chi connectivity index (χ4n) is 0.507. The van der Waals surface area contributed by atoms with Crippen molar-refractivity contribution in [2.75, 3.05) is 0 Å². The molecule has 0 aliphatic heterocycles. The summed E-state index contributed by atoms with van der Waals surface area (Å²) in [5.74, 6) is 0. The second-order valence-electron chi connectivity index (χ2n) is 3.80. The molecule has 0 aliphatic carbocycles. The van der Waals surface area contributed by atoms with Crippen molar-refractivity contribution in [1.82, 2.24) is 0 Å². The SMILES string of the molecule is CC(C)(C)[S+]([O-])/N=C/CCC(F)(F)F. The van der Waals surface area contributed by atoms with E-state index in [0.29, 0.717) is 0 Å². The van der Waals surface area contributed by atoms with Crippen LogP contribution in [0, 0.1) is 0 Å². The third-order valence-corrected chi connectivity index (χ3v) is 2.64. The Labute approximate surface area is 84.9 Å². The minimum atomic E-state index is -4.17. The molecule has 0 saturated heterocycles. The van der Waals surface area contributed by atoms with Gasteiger partial charge in [-0.2, -0.15) is 13.2 Å². The van der Waals surface area contributed by atoms with Crippen LogP contribution in [0.3, 0.4) is 0 Å². The van der Waals surface area contributed by atoms with Crippen LogP contribution in [-0.2, 0) is 11.4 Å². The van der Waals surface area contributed by atoms with Gasteiger partial charge in [0.2, 0.25) is 0 Å². The van der Waals surface area contributed by atoms with Crippen LogP contribution in [0.5, 0.6) is 0 Å². The van der Waals surface area contributed by atoms with Crippen LogP contribution in [0.25, 0.3) is 0 Å². The molecule has 0 aliphatic rings. The Balaban J connectivity index is 3.85. The highest BCUT2D eigenvalue weighted by atomic mass is 32.2. The Kier molecular flexibility index (Phi) is 4.94. The molecule has 0 aromatic rings. The monoisotopic (exact) mass is 229 g/mol. The van der Waals surface area contributed by atoms with Crippen LogP contribution in [0.15, 0.2) is 4.40 Å². The van der Waals surface area contributed by atoms with Crippen LogP contribution in [-0.4, -0.2) is 21.7 Å². The minimum Gasteiger partial charge on any atom is -0.591 e. The summed E-state index contributed by atoms with van der Waals surface area (Å²) in [5, 5.41) is 0. The van der Waals surface area contributed by atoms with Gasteiger partial charge < -0.3 is 4.55 Å². The van der Waals surface area contributed by atoms with Gasteiger partial charge in [-0.05, 0) is 27.2 Å². The molecule has 0 spiro atoms. The van der Waals surface area contributed by atoms with Crippen molar-refractivity contribution in [3.63, 3.8) is 0 Å². The van der Waals surface area contributed by atoms with E-state index in [-0.39, 0.29) is 6.42 Å². The number of halogens is 3. The molecule has 0 saturated carbocycles. The first kappa shape index (κ1) is 13.8. The Morgan fingerprint density at radius 1 is 1.29 bits per heavy atom. The van der Waals surface area contributed by atoms with E-state index >= 15 is 0 Å². The molecule has 6 heteroatoms. The second-order valence-corrected chi connectivity index (χ2v) is 5.74. The van der Waals surface area contributed by atoms with E-state index in [9.17, 15) is 17.7 Å². The van der Waals surface area contributed by atoms with Crippen molar-refractivity contribution in [1.29, 1.82) is 0 Å². The third-order valence-electron chi connectivity index (χ3n) is 1.25. The first-order chi connectivity index (χ1) is 6.13. The van der Waals surface area contributed by atoms with Crippen molar-refractivity contribution in [2.24, 2.45) is 4.40 Å². The van der Waals surface area contributed by atoms with Gasteiger partial charge in [0, 0.05) is 6.42 Å². The van der Waals surface area contributed by atoms with Gasteiger partial charge in [-0.25, -0.2) is 0 Å². The maximum absolute atomic E-state index is 11.7. The summed E-state index contributed by atoms with van der Waals surface area (Å²) < 4.78 is 49.3. The van der Waals surface area contributed by atoms with Crippen molar-refractivity contribution in [3.8, 4) is 0 Å². The zero-order valence-corrected chi connectivity index (χ0v) is 9.21. The number of alkyl halides is 3. The van der Waals surface area contributed by atoms with E-state index in [1.807, 2.05) is 0 Å². The topological polar surface area (TPSA) is 35.4 Å². The molecule has 1 unspecified atom stereocenters. The summed E-state index contributed by atoms with van der Waals surface area (Å²) in [7, 11) is 0. The molecular formula is C8H14F3NOS. The van der Waals surface area contributed by atoms with E-state index in [1.165, 1.54) is 0 Å². The van der Waals surface area contributed by atoms with E-state index in [1.54, 1.807) is 20.8 Å². The predicted octanol–water partition coefficient (Wildman–Crippen LogP) is 2.86. The fourth-order valence-corrected chi connectivity index (χ4v) is 1.06. The van der Waals surface area contributed by atoms with Gasteiger partial charge in [0.1, 0.15) is 16.1 Å². The fraction of sp³-hybridized carbons (Fsp3) is 0.875. The average Bonchev–Trinajstić information content (AvgIpc) is 1.93. The summed E-state index contributed by atoms with van der Waals surface area (Å²) in [6, 6.07) is 0. The van der Waals surface area contributed by atoms with Gasteiger partial charge in [0.25, 0.3) is 0 Å². The van der Waals surface area contributed by atoms with Crippen LogP contribution < -0.4 is 0 Å². The molecule has 0 N–H and O–H groups in total. The minimum absolute atomic E-state index is 0.217. The van der Waals surface area contributed by atoms with E-state index < -0.39 is 28.7 Å². The maximum Gasteiger partial charge on any atom is 0.389 e. The summed E-state index contributed by atoms with van der Waals surface area (Å²) in [6.45, 7) is 5.14. The lowest BCUT2D eigenvalue weighted by Crippen LogP contribution is -2.25. The van der Waals surface area contributed by atoms with Gasteiger partial charge in [0.15, 0.2) is 0 Å². The Bertz CT molecular complexity index is 198. The van der Waals surface area contributed by atoms with Gasteiger partial charge in [-0.15, -0.1) is 0 Å². The third kappa shape index (κ3) is 7.20. The van der Waals surface area contributed by atoms with E-state index in [0.717, 1.165) is 6.21 Å². The smallest absolute Gasteiger partial charge is 0.389 e. The zero-order chi connectivity index (χ0) is 11.4. The Morgan fingerprint density at radius 3 is 2.14 bits per heavy atom. The predicted molar refractivity (Wildman–Crippen MR) is 51.7 cm³/mol. The number of nitrogens with zero attached hydrogens (tertiary/aromatic N) is 1. The molecule has 0 rings (SSSR count). The molecule has 0 heterocycles. The van der Waals surface area contributed by atoms with Crippen molar-refractivity contribution < 1.29 is 17.7 Å². The molecule has 14 heavy (non-hydrogen) atoms. The molecule has 0 aromatic carbocycles. The molecule has 0 fully saturated rings. The molecule has 1 atom stereocenters. The Hall–Kier alpha value is -0.230. The molecular weight excluding hydrogens is 215 g/mol. The van der Waals surface area contributed by atoms with Crippen LogP contribution >= 0.6 is 0 Å². The highest BCUT2D eigenvalue weighted by molar-refractivity contribution is 7.91. The average molecular weight is 229 g/mol. The molecule has 84 valence electrons. The first-order valence-electron chi connectivity index (χ1n) is 4.14. The standard InChI is InChI=1S/C8H14F3NOS/c1-7(2,3)14(13)12-6-4-5-8(9,10)11/h6H,4-5H2,1-3H3/b12-6+. The summed E-state index contributed by atoms with van der Waals surface area (Å²) in [5.41, 5.74) is 0. The Morgan fingerprint density at radius 2 is 1.79 bits per heavy atom. The van der Waals surface area contributed by atoms with Crippen molar-refractivity contribution >= 4 is 17.6 Å². The number of hydrogen-bond acceptors (Lipinski definition) is 2. The highest BCUT2D eigenvalue weighted by Crippen LogP contribution is 2.21. The van der Waals surface area contributed by atoms with E-state index in [4.69, 9.17) is 0 Å². The summed E-state index contributed by atoms with van der Waals surface area (Å²) in [4.78, 5) is 0. The number of rotatable bonds is 3. The van der Waals surface area contributed by atoms with Crippen LogP contribution in [0.2, 0.25) is 0 Å². The maximum atomic E-state index is 11.7. The van der Waals surface area contributed by atoms with E-state index in [2.05, 4.69) is 4.40 Å². The molecule has 0 aromatic heterocycles. The van der Waals surface area contributed by atoms with Gasteiger partial charge in [-0.1, -0.05) is 4.40 Å². The molecule has 2 nitrogen and oxygen atoms in total. The van der Waals surface area contributed by atoms with Crippen molar-refractivity contribution in [2.45, 2.75) is 44.5 Å². The molecule has 0 bridgehead atoms. The summed E-state index contributed by atoms with van der Waals surface area (Å²) in [6.07, 6.45) is -4.23. The highest BCUT2D eigenvalue weighted by Gasteiger charge is 2.27. The molecule has 0 amide bonds. The zero-order valence-electron chi connectivity index (χ0n) is 8.39. The second kappa shape index (κ2) is 5.02. The normalized spacial score (nSPS) is 16.2. The van der Waals surface area contributed by atoms with Crippen LogP contribution in [0.1, 0.15) is 33.6 Å². The largest absolute Gasteiger partial charge is 0.591 e. The van der Waals surface area contributed by atoms with Gasteiger partial charge in [0.05, 0.1) is 6.21 Å². The summed E-state index contributed by atoms with van der Waals surface area (Å²) >= 11 is -1.46. The number of hydrogen-bond donors (Lipinski definition) is 0. The lowest BCUT2D eigenvalue weighted by atomic mass is 10.3. The van der Waals surface area contributed by atoms with Gasteiger partial charge in [-0.3, -0.25) is 0 Å². The molecule has 0 radical (unpaired) electrons. The lowest BCUT2D eigenvalue weighted by molar-refractivity contribution is -0.132.